The summed E-state index contributed by atoms with van der Waals surface area (Å²) in [6, 6.07) is 6.88. The van der Waals surface area contributed by atoms with Gasteiger partial charge in [-0.25, -0.2) is 12.7 Å². The number of rotatable bonds is 6. The first-order chi connectivity index (χ1) is 9.10. The van der Waals surface area contributed by atoms with E-state index < -0.39 is 10.0 Å². The second kappa shape index (κ2) is 6.45. The minimum absolute atomic E-state index is 0.0377. The molecule has 0 aliphatic rings. The number of nitrogens with two attached hydrogens (primary N) is 1. The lowest BCUT2D eigenvalue weighted by molar-refractivity contribution is 0.303. The first-order valence-electron chi connectivity index (χ1n) is 6.52. The summed E-state index contributed by atoms with van der Waals surface area (Å²) >= 11 is 0. The van der Waals surface area contributed by atoms with Gasteiger partial charge in [-0.05, 0) is 29.7 Å². The molecule has 5 nitrogen and oxygen atoms in total. The molecule has 6 heteroatoms. The molecule has 1 aromatic rings. The van der Waals surface area contributed by atoms with Crippen LogP contribution in [0.15, 0.2) is 24.3 Å². The third-order valence-corrected chi connectivity index (χ3v) is 4.42. The number of benzene rings is 1. The van der Waals surface area contributed by atoms with Crippen LogP contribution < -0.4 is 10.5 Å². The number of nitrogen functional groups attached to an aromatic ring is 1. The Kier molecular flexibility index (Phi) is 5.42. The van der Waals surface area contributed by atoms with Crippen molar-refractivity contribution in [1.29, 1.82) is 0 Å². The van der Waals surface area contributed by atoms with E-state index in [1.54, 1.807) is 31.3 Å². The molecular weight excluding hydrogens is 276 g/mol. The highest BCUT2D eigenvalue weighted by Crippen LogP contribution is 2.17. The molecule has 0 atom stereocenters. The largest absolute Gasteiger partial charge is 0.492 e. The molecule has 2 N–H and O–H groups in total. The Bertz CT molecular complexity index is 518. The Balaban J connectivity index is 2.49. The topological polar surface area (TPSA) is 72.6 Å². The molecule has 1 rings (SSSR count). The first-order valence-corrected chi connectivity index (χ1v) is 8.13. The van der Waals surface area contributed by atoms with Crippen LogP contribution in [0.2, 0.25) is 0 Å². The Morgan fingerprint density at radius 1 is 1.20 bits per heavy atom. The highest BCUT2D eigenvalue weighted by Gasteiger charge is 2.23. The summed E-state index contributed by atoms with van der Waals surface area (Å²) in [5.41, 5.74) is 6.14. The Morgan fingerprint density at radius 3 is 2.25 bits per heavy atom. The fourth-order valence-electron chi connectivity index (χ4n) is 1.75. The van der Waals surface area contributed by atoms with E-state index in [-0.39, 0.29) is 17.8 Å². The number of nitrogens with zero attached hydrogens (tertiary/aromatic N) is 1. The number of ether oxygens (including phenoxy) is 1. The molecule has 0 amide bonds. The van der Waals surface area contributed by atoms with Crippen LogP contribution in [0.1, 0.15) is 20.8 Å². The summed E-state index contributed by atoms with van der Waals surface area (Å²) in [6.45, 7) is 6.62. The van der Waals surface area contributed by atoms with Crippen molar-refractivity contribution in [2.45, 2.75) is 20.8 Å². The minimum atomic E-state index is -3.29. The van der Waals surface area contributed by atoms with E-state index in [2.05, 4.69) is 0 Å². The van der Waals surface area contributed by atoms with Crippen LogP contribution >= 0.6 is 0 Å². The van der Waals surface area contributed by atoms with E-state index in [9.17, 15) is 8.42 Å². The van der Waals surface area contributed by atoms with Gasteiger partial charge in [-0.2, -0.15) is 0 Å². The van der Waals surface area contributed by atoms with Crippen molar-refractivity contribution in [3.63, 3.8) is 0 Å². The molecule has 0 aliphatic carbocycles. The van der Waals surface area contributed by atoms with Crippen molar-refractivity contribution in [2.24, 2.45) is 5.41 Å². The second-order valence-electron chi connectivity index (χ2n) is 6.05. The van der Waals surface area contributed by atoms with Crippen molar-refractivity contribution in [2.75, 3.05) is 31.7 Å². The van der Waals surface area contributed by atoms with Crippen molar-refractivity contribution < 1.29 is 13.2 Å². The lowest BCUT2D eigenvalue weighted by atomic mass is 9.97. The lowest BCUT2D eigenvalue weighted by Gasteiger charge is -2.26. The van der Waals surface area contributed by atoms with Crippen molar-refractivity contribution in [3.8, 4) is 5.75 Å². The first kappa shape index (κ1) is 16.8. The van der Waals surface area contributed by atoms with Crippen LogP contribution in [0.3, 0.4) is 0 Å². The summed E-state index contributed by atoms with van der Waals surface area (Å²) < 4.78 is 31.0. The van der Waals surface area contributed by atoms with Gasteiger partial charge in [0.2, 0.25) is 10.0 Å². The number of anilines is 1. The quantitative estimate of drug-likeness (QED) is 0.815. The average molecular weight is 300 g/mol. The molecule has 0 radical (unpaired) electrons. The molecular formula is C14H24N2O3S. The minimum Gasteiger partial charge on any atom is -0.492 e. The highest BCUT2D eigenvalue weighted by molar-refractivity contribution is 7.89. The molecule has 0 aliphatic heterocycles. The predicted octanol–water partition coefficient (Wildman–Crippen LogP) is 1.96. The summed E-state index contributed by atoms with van der Waals surface area (Å²) in [4.78, 5) is 0. The fraction of sp³-hybridized carbons (Fsp3) is 0.571. The Labute approximate surface area is 121 Å². The Hall–Kier alpha value is -1.27. The van der Waals surface area contributed by atoms with E-state index in [4.69, 9.17) is 10.5 Å². The maximum absolute atomic E-state index is 12.1. The van der Waals surface area contributed by atoms with E-state index in [0.29, 0.717) is 18.0 Å². The van der Waals surface area contributed by atoms with Gasteiger partial charge >= 0.3 is 0 Å². The summed E-state index contributed by atoms with van der Waals surface area (Å²) in [5.74, 6) is 0.581. The van der Waals surface area contributed by atoms with Crippen LogP contribution in [0.4, 0.5) is 5.69 Å². The SMILES string of the molecule is CN(CC(C)(C)C)S(=O)(=O)CCOc1ccc(N)cc1. The standard InChI is InChI=1S/C14H24N2O3S/c1-14(2,3)11-16(4)20(17,18)10-9-19-13-7-5-12(15)6-8-13/h5-8H,9-11,15H2,1-4H3. The van der Waals surface area contributed by atoms with Gasteiger partial charge in [0.25, 0.3) is 0 Å². The van der Waals surface area contributed by atoms with Gasteiger partial charge < -0.3 is 10.5 Å². The van der Waals surface area contributed by atoms with Gasteiger partial charge in [0, 0.05) is 19.3 Å². The molecule has 0 fully saturated rings. The molecule has 1 aromatic carbocycles. The summed E-state index contributed by atoms with van der Waals surface area (Å²) in [6.07, 6.45) is 0. The van der Waals surface area contributed by atoms with Gasteiger partial charge in [0.15, 0.2) is 0 Å². The molecule has 114 valence electrons. The van der Waals surface area contributed by atoms with Crippen LogP contribution in [0.5, 0.6) is 5.75 Å². The van der Waals surface area contributed by atoms with Crippen LogP contribution in [-0.2, 0) is 10.0 Å². The zero-order valence-corrected chi connectivity index (χ0v) is 13.4. The van der Waals surface area contributed by atoms with Crippen LogP contribution in [-0.4, -0.2) is 38.7 Å². The predicted molar refractivity (Wildman–Crippen MR) is 82.2 cm³/mol. The van der Waals surface area contributed by atoms with E-state index >= 15 is 0 Å². The fourth-order valence-corrected chi connectivity index (χ4v) is 2.94. The lowest BCUT2D eigenvalue weighted by Crippen LogP contribution is -2.37. The molecule has 0 heterocycles. The van der Waals surface area contributed by atoms with Crippen molar-refractivity contribution in [3.05, 3.63) is 24.3 Å². The second-order valence-corrected chi connectivity index (χ2v) is 8.25. The highest BCUT2D eigenvalue weighted by atomic mass is 32.2. The van der Waals surface area contributed by atoms with Gasteiger partial charge in [-0.15, -0.1) is 0 Å². The smallest absolute Gasteiger partial charge is 0.217 e. The summed E-state index contributed by atoms with van der Waals surface area (Å²) in [5, 5.41) is 0. The molecule has 20 heavy (non-hydrogen) atoms. The van der Waals surface area contributed by atoms with Gasteiger partial charge in [0.1, 0.15) is 12.4 Å². The monoisotopic (exact) mass is 300 g/mol. The zero-order valence-electron chi connectivity index (χ0n) is 12.6. The maximum atomic E-state index is 12.1. The van der Waals surface area contributed by atoms with Crippen molar-refractivity contribution in [1.82, 2.24) is 4.31 Å². The van der Waals surface area contributed by atoms with Gasteiger partial charge in [-0.1, -0.05) is 20.8 Å². The molecule has 0 aromatic heterocycles. The number of sulfonamides is 1. The molecule has 0 saturated carbocycles. The van der Waals surface area contributed by atoms with Crippen LogP contribution in [0.25, 0.3) is 0 Å². The van der Waals surface area contributed by atoms with Crippen LogP contribution in [0, 0.1) is 5.41 Å². The van der Waals surface area contributed by atoms with Gasteiger partial charge in [-0.3, -0.25) is 0 Å². The molecule has 0 spiro atoms. The third kappa shape index (κ3) is 5.79. The average Bonchev–Trinajstić information content (AvgIpc) is 2.29. The molecule has 0 unspecified atom stereocenters. The number of hydrogen-bond donors (Lipinski definition) is 1. The normalized spacial score (nSPS) is 12.7. The number of hydrogen-bond acceptors (Lipinski definition) is 4. The third-order valence-electron chi connectivity index (χ3n) is 2.66. The van der Waals surface area contributed by atoms with Gasteiger partial charge in [0.05, 0.1) is 5.75 Å². The van der Waals surface area contributed by atoms with Crippen molar-refractivity contribution >= 4 is 15.7 Å². The van der Waals surface area contributed by atoms with E-state index in [1.807, 2.05) is 20.8 Å². The van der Waals surface area contributed by atoms with E-state index in [0.717, 1.165) is 0 Å². The molecule has 0 saturated heterocycles. The molecule has 0 bridgehead atoms. The maximum Gasteiger partial charge on any atom is 0.217 e. The Morgan fingerprint density at radius 2 is 1.75 bits per heavy atom. The zero-order chi connectivity index (χ0) is 15.4. The summed E-state index contributed by atoms with van der Waals surface area (Å²) in [7, 11) is -1.69. The van der Waals surface area contributed by atoms with E-state index in [1.165, 1.54) is 4.31 Å².